The maximum absolute atomic E-state index is 10.8. The predicted octanol–water partition coefficient (Wildman–Crippen LogP) is 1.83. The molecule has 0 aliphatic carbocycles. The number of benzene rings is 1. The third-order valence-corrected chi connectivity index (χ3v) is 5.12. The van der Waals surface area contributed by atoms with Crippen molar-refractivity contribution in [1.29, 1.82) is 0 Å². The second-order valence-electron chi connectivity index (χ2n) is 3.96. The number of rotatable bonds is 2. The topological polar surface area (TPSA) is 81.9 Å². The molecule has 0 fully saturated rings. The number of hydrogen-bond donors (Lipinski definition) is 3. The van der Waals surface area contributed by atoms with Crippen molar-refractivity contribution in [3.63, 3.8) is 0 Å². The minimum absolute atomic E-state index is 0.0452. The van der Waals surface area contributed by atoms with Gasteiger partial charge in [0.2, 0.25) is 0 Å². The van der Waals surface area contributed by atoms with Gasteiger partial charge in [0.15, 0.2) is 6.04 Å². The summed E-state index contributed by atoms with van der Waals surface area (Å²) in [5.41, 5.74) is 0.949. The summed E-state index contributed by atoms with van der Waals surface area (Å²) < 4.78 is 0. The summed E-state index contributed by atoms with van der Waals surface area (Å²) in [6.07, 6.45) is 0. The van der Waals surface area contributed by atoms with Gasteiger partial charge in [-0.3, -0.25) is 4.99 Å². The number of hydrogen-bond acceptors (Lipinski definition) is 6. The third kappa shape index (κ3) is 2.04. The number of phenols is 1. The second kappa shape index (κ2) is 4.40. The first-order valence-electron chi connectivity index (χ1n) is 5.33. The zero-order valence-corrected chi connectivity index (χ0v) is 10.8. The van der Waals surface area contributed by atoms with Gasteiger partial charge in [-0.25, -0.2) is 4.79 Å². The van der Waals surface area contributed by atoms with Crippen LogP contribution in [0.15, 0.2) is 28.1 Å². The molecule has 1 aromatic carbocycles. The van der Waals surface area contributed by atoms with Crippen molar-refractivity contribution in [2.45, 2.75) is 16.3 Å². The van der Waals surface area contributed by atoms with Crippen molar-refractivity contribution in [2.24, 2.45) is 4.99 Å². The normalized spacial score (nSPS) is 25.4. The van der Waals surface area contributed by atoms with Crippen LogP contribution in [-0.2, 0) is 4.79 Å². The first-order chi connectivity index (χ1) is 8.63. The Hall–Kier alpha value is -1.34. The Morgan fingerprint density at radius 2 is 2.33 bits per heavy atom. The SMILES string of the molecule is O=C(O)[C@H]1CSC(C2Nc3ccc(O)cc3S2)=N1. The summed E-state index contributed by atoms with van der Waals surface area (Å²) in [6.45, 7) is 0. The van der Waals surface area contributed by atoms with Crippen LogP contribution in [0.4, 0.5) is 5.69 Å². The highest BCUT2D eigenvalue weighted by Gasteiger charge is 2.32. The molecule has 0 radical (unpaired) electrons. The number of fused-ring (bicyclic) bond motifs is 1. The van der Waals surface area contributed by atoms with E-state index >= 15 is 0 Å². The Bertz CT molecular complexity index is 547. The molecule has 5 nitrogen and oxygen atoms in total. The highest BCUT2D eigenvalue weighted by molar-refractivity contribution is 8.16. The lowest BCUT2D eigenvalue weighted by atomic mass is 10.3. The van der Waals surface area contributed by atoms with Gasteiger partial charge in [0, 0.05) is 16.3 Å². The third-order valence-electron chi connectivity index (χ3n) is 2.68. The number of nitrogens with zero attached hydrogens (tertiary/aromatic N) is 1. The molecule has 0 aromatic heterocycles. The Labute approximate surface area is 112 Å². The molecular weight excluding hydrogens is 272 g/mol. The second-order valence-corrected chi connectivity index (χ2v) is 6.14. The summed E-state index contributed by atoms with van der Waals surface area (Å²) in [4.78, 5) is 16.0. The van der Waals surface area contributed by atoms with Crippen molar-refractivity contribution in [2.75, 3.05) is 11.1 Å². The number of phenolic OH excluding ortho intramolecular Hbond substituents is 1. The van der Waals surface area contributed by atoms with E-state index in [2.05, 4.69) is 10.3 Å². The van der Waals surface area contributed by atoms with Gasteiger partial charge in [-0.05, 0) is 18.2 Å². The fraction of sp³-hybridized carbons (Fsp3) is 0.273. The van der Waals surface area contributed by atoms with Gasteiger partial charge >= 0.3 is 5.97 Å². The molecule has 18 heavy (non-hydrogen) atoms. The van der Waals surface area contributed by atoms with E-state index in [1.165, 1.54) is 11.8 Å². The standard InChI is InChI=1S/C11H10N2O3S2/c14-5-1-2-6-8(3-5)18-10(12-6)9-13-7(4-17-9)11(15)16/h1-3,7,10,12,14H,4H2,(H,15,16)/t7-,10?/m1/s1. The van der Waals surface area contributed by atoms with Gasteiger partial charge in [-0.2, -0.15) is 0 Å². The number of carboxylic acid groups (broad SMARTS) is 1. The van der Waals surface area contributed by atoms with Gasteiger partial charge < -0.3 is 15.5 Å². The van der Waals surface area contributed by atoms with E-state index < -0.39 is 12.0 Å². The fourth-order valence-electron chi connectivity index (χ4n) is 1.80. The van der Waals surface area contributed by atoms with Crippen molar-refractivity contribution < 1.29 is 15.0 Å². The molecule has 1 unspecified atom stereocenters. The molecule has 3 rings (SSSR count). The molecule has 0 bridgehead atoms. The van der Waals surface area contributed by atoms with E-state index in [1.807, 2.05) is 6.07 Å². The summed E-state index contributed by atoms with van der Waals surface area (Å²) in [5, 5.41) is 22.3. The highest BCUT2D eigenvalue weighted by Crippen LogP contribution is 2.43. The smallest absolute Gasteiger partial charge is 0.329 e. The van der Waals surface area contributed by atoms with Gasteiger partial charge in [0.05, 0.1) is 0 Å². The van der Waals surface area contributed by atoms with Gasteiger partial charge in [0.1, 0.15) is 16.2 Å². The average Bonchev–Trinajstić information content (AvgIpc) is 2.93. The average molecular weight is 282 g/mol. The highest BCUT2D eigenvalue weighted by atomic mass is 32.2. The minimum Gasteiger partial charge on any atom is -0.508 e. The van der Waals surface area contributed by atoms with Crippen LogP contribution in [0.25, 0.3) is 0 Å². The van der Waals surface area contributed by atoms with Gasteiger partial charge in [-0.1, -0.05) is 11.8 Å². The van der Waals surface area contributed by atoms with Crippen LogP contribution < -0.4 is 5.32 Å². The number of anilines is 1. The summed E-state index contributed by atoms with van der Waals surface area (Å²) in [7, 11) is 0. The molecule has 0 saturated carbocycles. The van der Waals surface area contributed by atoms with Crippen LogP contribution in [0.2, 0.25) is 0 Å². The number of carboxylic acids is 1. The number of aromatic hydroxyl groups is 1. The number of nitrogens with one attached hydrogen (secondary N) is 1. The zero-order valence-electron chi connectivity index (χ0n) is 9.16. The van der Waals surface area contributed by atoms with Crippen LogP contribution in [0.5, 0.6) is 5.75 Å². The van der Waals surface area contributed by atoms with E-state index in [4.69, 9.17) is 5.11 Å². The Morgan fingerprint density at radius 1 is 1.50 bits per heavy atom. The van der Waals surface area contributed by atoms with Gasteiger partial charge in [-0.15, -0.1) is 11.8 Å². The van der Waals surface area contributed by atoms with E-state index in [1.54, 1.807) is 23.9 Å². The number of thioether (sulfide) groups is 2. The maximum atomic E-state index is 10.8. The molecule has 94 valence electrons. The van der Waals surface area contributed by atoms with Crippen molar-refractivity contribution >= 4 is 40.2 Å². The lowest BCUT2D eigenvalue weighted by molar-refractivity contribution is -0.137. The zero-order chi connectivity index (χ0) is 12.7. The number of aliphatic carboxylic acids is 1. The van der Waals surface area contributed by atoms with E-state index in [-0.39, 0.29) is 11.1 Å². The van der Waals surface area contributed by atoms with Crippen LogP contribution in [0.3, 0.4) is 0 Å². The first kappa shape index (κ1) is 11.7. The molecule has 0 amide bonds. The molecular formula is C11H10N2O3S2. The van der Waals surface area contributed by atoms with Crippen LogP contribution >= 0.6 is 23.5 Å². The Balaban J connectivity index is 1.78. The van der Waals surface area contributed by atoms with Crippen molar-refractivity contribution in [3.05, 3.63) is 18.2 Å². The molecule has 7 heteroatoms. The molecule has 2 heterocycles. The van der Waals surface area contributed by atoms with E-state index in [9.17, 15) is 9.90 Å². The molecule has 1 aromatic rings. The first-order valence-corrected chi connectivity index (χ1v) is 7.19. The summed E-state index contributed by atoms with van der Waals surface area (Å²) in [6, 6.07) is 4.50. The van der Waals surface area contributed by atoms with Gasteiger partial charge in [0.25, 0.3) is 0 Å². The molecule has 0 spiro atoms. The molecule has 2 atom stereocenters. The fourth-order valence-corrected chi connectivity index (χ4v) is 4.15. The number of carbonyl (C=O) groups is 1. The molecule has 3 N–H and O–H groups in total. The quantitative estimate of drug-likeness (QED) is 0.718. The maximum Gasteiger partial charge on any atom is 0.329 e. The number of aliphatic imine (C=N–C) groups is 1. The molecule has 2 aliphatic rings. The molecule has 2 aliphatic heterocycles. The predicted molar refractivity (Wildman–Crippen MR) is 72.7 cm³/mol. The van der Waals surface area contributed by atoms with Crippen molar-refractivity contribution in [1.82, 2.24) is 0 Å². The lowest BCUT2D eigenvalue weighted by Gasteiger charge is -2.08. The summed E-state index contributed by atoms with van der Waals surface area (Å²) >= 11 is 3.02. The van der Waals surface area contributed by atoms with E-state index in [0.717, 1.165) is 15.6 Å². The lowest BCUT2D eigenvalue weighted by Crippen LogP contribution is -2.19. The monoisotopic (exact) mass is 282 g/mol. The minimum atomic E-state index is -0.879. The Morgan fingerprint density at radius 3 is 3.06 bits per heavy atom. The van der Waals surface area contributed by atoms with Crippen LogP contribution in [0.1, 0.15) is 0 Å². The van der Waals surface area contributed by atoms with Crippen molar-refractivity contribution in [3.8, 4) is 5.75 Å². The van der Waals surface area contributed by atoms with E-state index in [0.29, 0.717) is 5.75 Å². The Kier molecular flexibility index (Phi) is 2.87. The van der Waals surface area contributed by atoms with Crippen LogP contribution in [0, 0.1) is 0 Å². The molecule has 0 saturated heterocycles. The summed E-state index contributed by atoms with van der Waals surface area (Å²) in [5.74, 6) is -0.158. The van der Waals surface area contributed by atoms with Crippen LogP contribution in [-0.4, -0.2) is 38.4 Å². The largest absolute Gasteiger partial charge is 0.508 e.